The number of rotatable bonds is 6. The van der Waals surface area contributed by atoms with Crippen LogP contribution in [-0.2, 0) is 30.4 Å². The van der Waals surface area contributed by atoms with Crippen LogP contribution in [0.3, 0.4) is 0 Å². The maximum atomic E-state index is 13.9. The SMILES string of the molecule is CCc1c(N2CCN(C(=O)c3ncc4c(c3O)OCC4)CC2)c(=O)c2ncc(C)nc2n1CC(=O)Nc1ccc(C(F)(F)F)cc1Cl. The second-order valence-electron chi connectivity index (χ2n) is 11.2. The number of carbonyl (C=O) groups is 2. The fourth-order valence-corrected chi connectivity index (χ4v) is 6.08. The Hall–Kier alpha value is -4.92. The summed E-state index contributed by atoms with van der Waals surface area (Å²) < 4.78 is 46.4. The summed E-state index contributed by atoms with van der Waals surface area (Å²) in [5.41, 5.74) is 0.799. The predicted molar refractivity (Wildman–Crippen MR) is 166 cm³/mol. The summed E-state index contributed by atoms with van der Waals surface area (Å²) in [6.07, 6.45) is -0.710. The Kier molecular flexibility index (Phi) is 8.42. The lowest BCUT2D eigenvalue weighted by Crippen LogP contribution is -2.50. The van der Waals surface area contributed by atoms with Crippen molar-refractivity contribution in [3.63, 3.8) is 0 Å². The maximum absolute atomic E-state index is 13.9. The summed E-state index contributed by atoms with van der Waals surface area (Å²) in [5, 5.41) is 12.9. The molecule has 12 nitrogen and oxygen atoms in total. The van der Waals surface area contributed by atoms with E-state index in [-0.39, 0.29) is 77.2 Å². The van der Waals surface area contributed by atoms with Crippen molar-refractivity contribution in [2.45, 2.75) is 39.4 Å². The van der Waals surface area contributed by atoms with Gasteiger partial charge < -0.3 is 29.5 Å². The number of hydrogen-bond acceptors (Lipinski definition) is 9. The number of aryl methyl sites for hydroxylation is 1. The molecule has 2 N–H and O–H groups in total. The first kappa shape index (κ1) is 32.0. The third-order valence-electron chi connectivity index (χ3n) is 8.15. The Bertz CT molecular complexity index is 1980. The number of benzene rings is 1. The number of amides is 2. The predicted octanol–water partition coefficient (Wildman–Crippen LogP) is 3.97. The van der Waals surface area contributed by atoms with Gasteiger partial charge >= 0.3 is 6.18 Å². The molecule has 0 spiro atoms. The van der Waals surface area contributed by atoms with Crippen LogP contribution in [0, 0.1) is 6.92 Å². The molecular formula is C31H29ClF3N7O5. The first-order chi connectivity index (χ1) is 22.4. The molecule has 1 saturated heterocycles. The van der Waals surface area contributed by atoms with E-state index in [1.54, 1.807) is 11.5 Å². The molecule has 1 fully saturated rings. The highest BCUT2D eigenvalue weighted by molar-refractivity contribution is 6.33. The molecule has 0 bridgehead atoms. The minimum atomic E-state index is -4.60. The van der Waals surface area contributed by atoms with Gasteiger partial charge in [-0.1, -0.05) is 18.5 Å². The zero-order chi connectivity index (χ0) is 33.6. The van der Waals surface area contributed by atoms with Gasteiger partial charge in [-0.25, -0.2) is 15.0 Å². The van der Waals surface area contributed by atoms with Crippen LogP contribution in [0.25, 0.3) is 11.2 Å². The smallest absolute Gasteiger partial charge is 0.416 e. The molecule has 246 valence electrons. The number of nitrogens with zero attached hydrogens (tertiary/aromatic N) is 6. The number of aromatic nitrogens is 4. The number of hydrogen-bond donors (Lipinski definition) is 2. The fourth-order valence-electron chi connectivity index (χ4n) is 5.86. The van der Waals surface area contributed by atoms with E-state index in [9.17, 15) is 32.7 Å². The maximum Gasteiger partial charge on any atom is 0.416 e. The van der Waals surface area contributed by atoms with E-state index in [1.165, 1.54) is 17.3 Å². The van der Waals surface area contributed by atoms with Crippen LogP contribution < -0.4 is 20.4 Å². The highest BCUT2D eigenvalue weighted by Gasteiger charge is 2.33. The highest BCUT2D eigenvalue weighted by atomic mass is 35.5. The third-order valence-corrected chi connectivity index (χ3v) is 8.46. The van der Waals surface area contributed by atoms with Crippen molar-refractivity contribution in [1.29, 1.82) is 0 Å². The van der Waals surface area contributed by atoms with Crippen LogP contribution in [0.15, 0.2) is 35.4 Å². The lowest BCUT2D eigenvalue weighted by Gasteiger charge is -2.37. The van der Waals surface area contributed by atoms with Crippen molar-refractivity contribution in [3.05, 3.63) is 74.0 Å². The van der Waals surface area contributed by atoms with Gasteiger partial charge in [0.05, 0.1) is 28.6 Å². The Morgan fingerprint density at radius 2 is 1.87 bits per heavy atom. The van der Waals surface area contributed by atoms with E-state index in [1.807, 2.05) is 11.8 Å². The Labute approximate surface area is 270 Å². The number of halogens is 4. The molecule has 2 aliphatic rings. The standard InChI is InChI=1S/C31H29ClF3N7O5/c1-3-21-25(40-7-9-41(10-8-40)30(46)24-27(45)28-17(14-37-24)6-11-47-28)26(44)23-29(38-16(2)13-36-23)42(21)15-22(43)39-20-5-4-18(12-19(20)32)31(33,34)35/h4-5,12-14,45H,3,6-11,15H2,1-2H3,(H,39,43). The summed E-state index contributed by atoms with van der Waals surface area (Å²) in [7, 11) is 0. The summed E-state index contributed by atoms with van der Waals surface area (Å²) >= 11 is 6.07. The average Bonchev–Trinajstić information content (AvgIpc) is 3.53. The molecule has 16 heteroatoms. The van der Waals surface area contributed by atoms with Crippen molar-refractivity contribution >= 4 is 46.0 Å². The summed E-state index contributed by atoms with van der Waals surface area (Å²) in [5.74, 6) is -1.09. The van der Waals surface area contributed by atoms with Gasteiger partial charge in [0.15, 0.2) is 28.4 Å². The quantitative estimate of drug-likeness (QED) is 0.311. The second-order valence-corrected chi connectivity index (χ2v) is 11.6. The molecule has 0 radical (unpaired) electrons. The zero-order valence-electron chi connectivity index (χ0n) is 25.3. The summed E-state index contributed by atoms with van der Waals surface area (Å²) in [6.45, 7) is 4.51. The Balaban J connectivity index is 1.28. The highest BCUT2D eigenvalue weighted by Crippen LogP contribution is 2.37. The van der Waals surface area contributed by atoms with E-state index in [4.69, 9.17) is 16.3 Å². The van der Waals surface area contributed by atoms with Gasteiger partial charge in [-0.15, -0.1) is 0 Å². The molecule has 0 saturated carbocycles. The monoisotopic (exact) mass is 671 g/mol. The fraction of sp³-hybridized carbons (Fsp3) is 0.355. The Morgan fingerprint density at radius 3 is 2.55 bits per heavy atom. The molecule has 47 heavy (non-hydrogen) atoms. The lowest BCUT2D eigenvalue weighted by molar-refractivity contribution is -0.137. The number of carbonyl (C=O) groups excluding carboxylic acids is 2. The van der Waals surface area contributed by atoms with E-state index < -0.39 is 23.6 Å². The van der Waals surface area contributed by atoms with Crippen molar-refractivity contribution in [1.82, 2.24) is 24.4 Å². The molecule has 2 amide bonds. The van der Waals surface area contributed by atoms with Crippen molar-refractivity contribution in [2.75, 3.05) is 43.0 Å². The minimum Gasteiger partial charge on any atom is -0.503 e. The molecule has 5 heterocycles. The molecule has 2 aliphatic heterocycles. The van der Waals surface area contributed by atoms with Crippen molar-refractivity contribution in [2.24, 2.45) is 0 Å². The molecule has 3 aromatic heterocycles. The van der Waals surface area contributed by atoms with Crippen LogP contribution in [0.4, 0.5) is 24.5 Å². The number of nitrogens with one attached hydrogen (secondary N) is 1. The minimum absolute atomic E-state index is 0.00759. The summed E-state index contributed by atoms with van der Waals surface area (Å²) in [6, 6.07) is 2.63. The largest absolute Gasteiger partial charge is 0.503 e. The molecule has 0 aliphatic carbocycles. The van der Waals surface area contributed by atoms with Crippen LogP contribution >= 0.6 is 11.6 Å². The van der Waals surface area contributed by atoms with Crippen LogP contribution in [0.5, 0.6) is 11.5 Å². The number of anilines is 2. The molecule has 0 atom stereocenters. The number of alkyl halides is 3. The van der Waals surface area contributed by atoms with Gasteiger partial charge in [0.1, 0.15) is 12.2 Å². The average molecular weight is 672 g/mol. The first-order valence-corrected chi connectivity index (χ1v) is 15.2. The Morgan fingerprint density at radius 1 is 1.13 bits per heavy atom. The number of pyridine rings is 2. The second kappa shape index (κ2) is 12.4. The van der Waals surface area contributed by atoms with E-state index >= 15 is 0 Å². The number of piperazine rings is 1. The van der Waals surface area contributed by atoms with Crippen LogP contribution in [0.1, 0.15) is 39.9 Å². The zero-order valence-corrected chi connectivity index (χ0v) is 26.1. The van der Waals surface area contributed by atoms with Crippen molar-refractivity contribution < 1.29 is 32.6 Å². The number of fused-ring (bicyclic) bond motifs is 2. The van der Waals surface area contributed by atoms with Crippen molar-refractivity contribution in [3.8, 4) is 11.5 Å². The first-order valence-electron chi connectivity index (χ1n) is 14.8. The van der Waals surface area contributed by atoms with E-state index in [0.717, 1.165) is 23.8 Å². The molecule has 1 aromatic carbocycles. The topological polar surface area (TPSA) is 143 Å². The third kappa shape index (κ3) is 6.02. The van der Waals surface area contributed by atoms with Gasteiger partial charge in [-0.3, -0.25) is 14.4 Å². The van der Waals surface area contributed by atoms with Gasteiger partial charge in [0.25, 0.3) is 5.91 Å². The van der Waals surface area contributed by atoms with Gasteiger partial charge in [0, 0.05) is 56.3 Å². The molecule has 6 rings (SSSR count). The van der Waals surface area contributed by atoms with Gasteiger partial charge in [-0.05, 0) is 31.5 Å². The van der Waals surface area contributed by atoms with Gasteiger partial charge in [-0.2, -0.15) is 13.2 Å². The van der Waals surface area contributed by atoms with Crippen LogP contribution in [0.2, 0.25) is 5.02 Å². The number of aromatic hydroxyl groups is 1. The van der Waals surface area contributed by atoms with E-state index in [0.29, 0.717) is 36.5 Å². The molecule has 4 aromatic rings. The van der Waals surface area contributed by atoms with Gasteiger partial charge in [0.2, 0.25) is 11.3 Å². The normalized spacial score (nSPS) is 14.7. The van der Waals surface area contributed by atoms with Crippen LogP contribution in [-0.4, -0.2) is 74.1 Å². The molecule has 0 unspecified atom stereocenters. The van der Waals surface area contributed by atoms with E-state index in [2.05, 4.69) is 20.3 Å². The summed E-state index contributed by atoms with van der Waals surface area (Å²) in [4.78, 5) is 56.9. The lowest BCUT2D eigenvalue weighted by atomic mass is 10.1. The molecular weight excluding hydrogens is 643 g/mol. The number of ether oxygens (including phenoxy) is 1.